The van der Waals surface area contributed by atoms with E-state index < -0.39 is 0 Å². The minimum absolute atomic E-state index is 0.736. The van der Waals surface area contributed by atoms with Gasteiger partial charge in [-0.2, -0.15) is 0 Å². The van der Waals surface area contributed by atoms with Gasteiger partial charge in [-0.15, -0.1) is 0 Å². The lowest BCUT2D eigenvalue weighted by Crippen LogP contribution is -2.07. The molecule has 0 aliphatic heterocycles. The maximum atomic E-state index is 6.34. The number of hydrogen-bond donors (Lipinski definition) is 2. The van der Waals surface area contributed by atoms with E-state index >= 15 is 0 Å². The van der Waals surface area contributed by atoms with Crippen molar-refractivity contribution >= 4 is 28.2 Å². The molecule has 132 valence electrons. The van der Waals surface area contributed by atoms with Gasteiger partial charge in [0.05, 0.1) is 5.52 Å². The number of nitrogens with one attached hydrogen (secondary N) is 1. The lowest BCUT2D eigenvalue weighted by atomic mass is 9.99. The molecule has 25 heavy (non-hydrogen) atoms. The van der Waals surface area contributed by atoms with Crippen LogP contribution in [0.4, 0.5) is 5.69 Å². The van der Waals surface area contributed by atoms with Crippen molar-refractivity contribution in [2.75, 3.05) is 25.5 Å². The number of benzene rings is 2. The highest BCUT2D eigenvalue weighted by Gasteiger charge is 2.15. The minimum Gasteiger partial charge on any atom is -0.378 e. The zero-order valence-electron chi connectivity index (χ0n) is 15.2. The normalized spacial score (nSPS) is 11.2. The van der Waals surface area contributed by atoms with E-state index in [9.17, 15) is 0 Å². The van der Waals surface area contributed by atoms with Crippen molar-refractivity contribution in [2.24, 2.45) is 5.73 Å². The highest BCUT2D eigenvalue weighted by Crippen LogP contribution is 2.35. The third-order valence-corrected chi connectivity index (χ3v) is 5.24. The molecule has 3 nitrogen and oxygen atoms in total. The van der Waals surface area contributed by atoms with Crippen molar-refractivity contribution in [1.82, 2.24) is 4.98 Å². The monoisotopic (exact) mass is 355 g/mol. The van der Waals surface area contributed by atoms with E-state index in [2.05, 4.69) is 61.2 Å². The van der Waals surface area contributed by atoms with Crippen molar-refractivity contribution < 1.29 is 0 Å². The number of hydrogen-bond acceptors (Lipinski definition) is 2. The summed E-state index contributed by atoms with van der Waals surface area (Å²) in [4.78, 5) is 5.75. The number of nitrogens with zero attached hydrogens (tertiary/aromatic N) is 1. The van der Waals surface area contributed by atoms with Crippen LogP contribution in [0, 0.1) is 6.92 Å². The van der Waals surface area contributed by atoms with E-state index in [1.807, 2.05) is 6.07 Å². The molecule has 4 heteroatoms. The van der Waals surface area contributed by atoms with E-state index in [-0.39, 0.29) is 0 Å². The molecule has 0 atom stereocenters. The molecule has 0 aliphatic rings. The maximum Gasteiger partial charge on any atom is 0.0506 e. The van der Waals surface area contributed by atoms with Crippen LogP contribution in [0.2, 0.25) is 5.02 Å². The van der Waals surface area contributed by atoms with Crippen LogP contribution in [-0.2, 0) is 6.42 Å². The molecule has 0 bridgehead atoms. The Balaban J connectivity index is 2.11. The molecule has 2 aromatic carbocycles. The number of aryl methyl sites for hydroxylation is 2. The Morgan fingerprint density at radius 1 is 1.04 bits per heavy atom. The second-order valence-corrected chi connectivity index (χ2v) is 7.17. The Kier molecular flexibility index (Phi) is 5.36. The largest absolute Gasteiger partial charge is 0.378 e. The SMILES string of the molecule is Cc1c(Cl)ccc2c(CCCCN)c(-c3ccc(N(C)C)cc3)[nH]c12. The molecule has 0 saturated heterocycles. The molecule has 0 fully saturated rings. The van der Waals surface area contributed by atoms with Gasteiger partial charge in [0.1, 0.15) is 0 Å². The Morgan fingerprint density at radius 3 is 2.40 bits per heavy atom. The third-order valence-electron chi connectivity index (χ3n) is 4.83. The van der Waals surface area contributed by atoms with E-state index in [0.29, 0.717) is 0 Å². The minimum atomic E-state index is 0.736. The van der Waals surface area contributed by atoms with Gasteiger partial charge in [0.2, 0.25) is 0 Å². The first-order valence-electron chi connectivity index (χ1n) is 8.80. The molecule has 3 aromatic rings. The van der Waals surface area contributed by atoms with Crippen molar-refractivity contribution in [1.29, 1.82) is 0 Å². The second kappa shape index (κ2) is 7.51. The number of halogens is 1. The zero-order valence-corrected chi connectivity index (χ0v) is 16.0. The van der Waals surface area contributed by atoms with Gasteiger partial charge in [-0.05, 0) is 67.6 Å². The quantitative estimate of drug-likeness (QED) is 0.601. The number of anilines is 1. The summed E-state index contributed by atoms with van der Waals surface area (Å²) in [6.07, 6.45) is 3.15. The van der Waals surface area contributed by atoms with Gasteiger partial charge in [0.15, 0.2) is 0 Å². The van der Waals surface area contributed by atoms with Crippen LogP contribution < -0.4 is 10.6 Å². The Labute approximate surface area is 154 Å². The first-order valence-corrected chi connectivity index (χ1v) is 9.18. The smallest absolute Gasteiger partial charge is 0.0506 e. The summed E-state index contributed by atoms with van der Waals surface area (Å²) in [5.41, 5.74) is 12.9. The van der Waals surface area contributed by atoms with E-state index in [1.54, 1.807) is 0 Å². The third kappa shape index (κ3) is 3.53. The summed E-state index contributed by atoms with van der Waals surface area (Å²) in [6.45, 7) is 2.81. The average Bonchev–Trinajstić information content (AvgIpc) is 2.98. The van der Waals surface area contributed by atoms with Crippen molar-refractivity contribution in [3.8, 4) is 11.3 Å². The zero-order chi connectivity index (χ0) is 18.0. The van der Waals surface area contributed by atoms with E-state index in [4.69, 9.17) is 17.3 Å². The summed E-state index contributed by atoms with van der Waals surface area (Å²) in [5, 5.41) is 2.07. The summed E-state index contributed by atoms with van der Waals surface area (Å²) in [6, 6.07) is 12.8. The van der Waals surface area contributed by atoms with Crippen LogP contribution in [0.15, 0.2) is 36.4 Å². The Bertz CT molecular complexity index is 863. The number of nitrogens with two attached hydrogens (primary N) is 1. The molecule has 3 rings (SSSR count). The highest BCUT2D eigenvalue weighted by molar-refractivity contribution is 6.32. The molecule has 0 saturated carbocycles. The molecule has 1 heterocycles. The van der Waals surface area contributed by atoms with Crippen molar-refractivity contribution in [3.63, 3.8) is 0 Å². The fourth-order valence-corrected chi connectivity index (χ4v) is 3.47. The lowest BCUT2D eigenvalue weighted by molar-refractivity contribution is 0.748. The number of unbranched alkanes of at least 4 members (excludes halogenated alkanes) is 1. The molecular formula is C21H26ClN3. The van der Waals surface area contributed by atoms with Crippen LogP contribution >= 0.6 is 11.6 Å². The van der Waals surface area contributed by atoms with Gasteiger partial charge in [-0.25, -0.2) is 0 Å². The predicted molar refractivity (Wildman–Crippen MR) is 110 cm³/mol. The summed E-state index contributed by atoms with van der Waals surface area (Å²) in [7, 11) is 4.11. The van der Waals surface area contributed by atoms with Crippen molar-refractivity contribution in [3.05, 3.63) is 52.5 Å². The molecule has 1 aromatic heterocycles. The molecule has 0 aliphatic carbocycles. The Hall–Kier alpha value is -1.97. The van der Waals surface area contributed by atoms with Gasteiger partial charge in [0, 0.05) is 35.9 Å². The van der Waals surface area contributed by atoms with Crippen LogP contribution in [0.5, 0.6) is 0 Å². The molecule has 0 radical (unpaired) electrons. The molecule has 0 amide bonds. The van der Waals surface area contributed by atoms with Gasteiger partial charge in [-0.1, -0.05) is 29.8 Å². The molecular weight excluding hydrogens is 330 g/mol. The molecule has 0 unspecified atom stereocenters. The topological polar surface area (TPSA) is 45.0 Å². The first-order chi connectivity index (χ1) is 12.0. The van der Waals surface area contributed by atoms with Gasteiger partial charge in [-0.3, -0.25) is 0 Å². The molecule has 3 N–H and O–H groups in total. The summed E-state index contributed by atoms with van der Waals surface area (Å²) < 4.78 is 0. The van der Waals surface area contributed by atoms with Gasteiger partial charge >= 0.3 is 0 Å². The van der Waals surface area contributed by atoms with Crippen LogP contribution in [0.1, 0.15) is 24.0 Å². The lowest BCUT2D eigenvalue weighted by Gasteiger charge is -2.13. The van der Waals surface area contributed by atoms with E-state index in [0.717, 1.165) is 41.9 Å². The highest BCUT2D eigenvalue weighted by atomic mass is 35.5. The van der Waals surface area contributed by atoms with Crippen LogP contribution in [0.25, 0.3) is 22.2 Å². The van der Waals surface area contributed by atoms with Gasteiger partial charge < -0.3 is 15.6 Å². The number of fused-ring (bicyclic) bond motifs is 1. The molecule has 0 spiro atoms. The number of rotatable bonds is 6. The number of H-pyrrole nitrogens is 1. The van der Waals surface area contributed by atoms with E-state index in [1.165, 1.54) is 27.9 Å². The number of aromatic amines is 1. The predicted octanol–water partition coefficient (Wildman–Crippen LogP) is 5.14. The summed E-state index contributed by atoms with van der Waals surface area (Å²) >= 11 is 6.34. The summed E-state index contributed by atoms with van der Waals surface area (Å²) in [5.74, 6) is 0. The first kappa shape index (κ1) is 17.8. The Morgan fingerprint density at radius 2 is 1.76 bits per heavy atom. The maximum absolute atomic E-state index is 6.34. The fraction of sp³-hybridized carbons (Fsp3) is 0.333. The van der Waals surface area contributed by atoms with Crippen molar-refractivity contribution in [2.45, 2.75) is 26.2 Å². The van der Waals surface area contributed by atoms with Gasteiger partial charge in [0.25, 0.3) is 0 Å². The van der Waals surface area contributed by atoms with Crippen LogP contribution in [-0.4, -0.2) is 25.6 Å². The standard InChI is InChI=1S/C21H26ClN3/c1-14-19(22)12-11-18-17(6-4-5-13-23)21(24-20(14)18)15-7-9-16(10-8-15)25(2)3/h7-12,24H,4-6,13,23H2,1-3H3. The second-order valence-electron chi connectivity index (χ2n) is 6.76. The fourth-order valence-electron chi connectivity index (χ4n) is 3.31. The number of aromatic nitrogens is 1. The van der Waals surface area contributed by atoms with Crippen LogP contribution in [0.3, 0.4) is 0 Å². The average molecular weight is 356 g/mol.